The van der Waals surface area contributed by atoms with Crippen LogP contribution in [-0.4, -0.2) is 54.3 Å². The average molecular weight is 397 g/mol. The van der Waals surface area contributed by atoms with Crippen molar-refractivity contribution in [3.05, 3.63) is 35.4 Å². The Morgan fingerprint density at radius 3 is 2.68 bits per heavy atom. The lowest BCUT2D eigenvalue weighted by atomic mass is 9.96. The van der Waals surface area contributed by atoms with Crippen molar-refractivity contribution in [2.24, 2.45) is 5.92 Å². The number of hydrogen-bond acceptors (Lipinski definition) is 3. The van der Waals surface area contributed by atoms with Gasteiger partial charge in [-0.2, -0.15) is 13.2 Å². The second-order valence-electron chi connectivity index (χ2n) is 7.55. The zero-order chi connectivity index (χ0) is 20.1. The molecule has 0 aromatic heterocycles. The second-order valence-corrected chi connectivity index (χ2v) is 7.55. The van der Waals surface area contributed by atoms with Crippen molar-refractivity contribution in [3.63, 3.8) is 0 Å². The quantitative estimate of drug-likeness (QED) is 0.803. The van der Waals surface area contributed by atoms with E-state index in [0.717, 1.165) is 31.8 Å². The number of carbonyl (C=O) groups excluding carboxylic acids is 2. The van der Waals surface area contributed by atoms with Gasteiger partial charge in [0.15, 0.2) is 0 Å². The predicted molar refractivity (Wildman–Crippen MR) is 98.3 cm³/mol. The monoisotopic (exact) mass is 397 g/mol. The molecular formula is C20H26F3N3O2. The van der Waals surface area contributed by atoms with Crippen LogP contribution < -0.4 is 5.32 Å². The van der Waals surface area contributed by atoms with Crippen molar-refractivity contribution in [2.45, 2.75) is 38.4 Å². The number of likely N-dealkylation sites (tertiary alicyclic amines) is 2. The Bertz CT molecular complexity index is 702. The summed E-state index contributed by atoms with van der Waals surface area (Å²) in [6, 6.07) is 4.99. The summed E-state index contributed by atoms with van der Waals surface area (Å²) in [4.78, 5) is 28.4. The lowest BCUT2D eigenvalue weighted by Gasteiger charge is -2.32. The van der Waals surface area contributed by atoms with Crippen LogP contribution in [0.15, 0.2) is 24.3 Å². The van der Waals surface area contributed by atoms with E-state index in [1.165, 1.54) is 23.8 Å². The van der Waals surface area contributed by atoms with E-state index in [-0.39, 0.29) is 37.2 Å². The largest absolute Gasteiger partial charge is 0.416 e. The van der Waals surface area contributed by atoms with Gasteiger partial charge in [-0.15, -0.1) is 0 Å². The highest BCUT2D eigenvalue weighted by molar-refractivity contribution is 5.83. The number of carbonyl (C=O) groups is 2. The summed E-state index contributed by atoms with van der Waals surface area (Å²) in [5.41, 5.74) is -0.316. The van der Waals surface area contributed by atoms with Crippen molar-refractivity contribution >= 4 is 11.8 Å². The van der Waals surface area contributed by atoms with Crippen LogP contribution in [0.4, 0.5) is 13.2 Å². The molecule has 1 aromatic rings. The maximum Gasteiger partial charge on any atom is 0.416 e. The van der Waals surface area contributed by atoms with Crippen LogP contribution >= 0.6 is 0 Å². The van der Waals surface area contributed by atoms with E-state index in [0.29, 0.717) is 18.5 Å². The SMILES string of the molecule is O=C(NCCN1CCCC1)[C@H]1CCC(=O)N(Cc2cccc(C(F)(F)F)c2)C1. The number of rotatable bonds is 6. The molecule has 0 spiro atoms. The number of nitrogens with one attached hydrogen (secondary N) is 1. The van der Waals surface area contributed by atoms with Crippen molar-refractivity contribution in [1.82, 2.24) is 15.1 Å². The number of benzene rings is 1. The van der Waals surface area contributed by atoms with E-state index in [4.69, 9.17) is 0 Å². The molecule has 5 nitrogen and oxygen atoms in total. The highest BCUT2D eigenvalue weighted by Gasteiger charge is 2.32. The van der Waals surface area contributed by atoms with Crippen molar-refractivity contribution in [2.75, 3.05) is 32.7 Å². The fourth-order valence-corrected chi connectivity index (χ4v) is 3.84. The highest BCUT2D eigenvalue weighted by Crippen LogP contribution is 2.30. The molecule has 2 amide bonds. The zero-order valence-electron chi connectivity index (χ0n) is 15.8. The van der Waals surface area contributed by atoms with Gasteiger partial charge >= 0.3 is 6.18 Å². The number of amides is 2. The first-order chi connectivity index (χ1) is 13.3. The second kappa shape index (κ2) is 8.94. The molecule has 1 atom stereocenters. The molecule has 0 bridgehead atoms. The average Bonchev–Trinajstić information content (AvgIpc) is 3.16. The van der Waals surface area contributed by atoms with Crippen molar-refractivity contribution in [1.29, 1.82) is 0 Å². The Kier molecular flexibility index (Phi) is 6.59. The first kappa shape index (κ1) is 20.6. The van der Waals surface area contributed by atoms with E-state index >= 15 is 0 Å². The van der Waals surface area contributed by atoms with E-state index in [1.807, 2.05) is 0 Å². The normalized spacial score (nSPS) is 21.2. The van der Waals surface area contributed by atoms with Gasteiger partial charge in [0.05, 0.1) is 11.5 Å². The number of piperidine rings is 1. The molecular weight excluding hydrogens is 371 g/mol. The minimum absolute atomic E-state index is 0.0826. The van der Waals surface area contributed by atoms with Crippen molar-refractivity contribution in [3.8, 4) is 0 Å². The molecule has 28 heavy (non-hydrogen) atoms. The summed E-state index contributed by atoms with van der Waals surface area (Å²) in [5, 5.41) is 2.94. The van der Waals surface area contributed by atoms with Gasteiger partial charge in [-0.25, -0.2) is 0 Å². The minimum atomic E-state index is -4.42. The van der Waals surface area contributed by atoms with Gasteiger partial charge in [-0.05, 0) is 50.0 Å². The Hall–Kier alpha value is -2.09. The Morgan fingerprint density at radius 1 is 1.21 bits per heavy atom. The first-order valence-electron chi connectivity index (χ1n) is 9.77. The smallest absolute Gasteiger partial charge is 0.355 e. The Labute approximate surface area is 162 Å². The summed E-state index contributed by atoms with van der Waals surface area (Å²) >= 11 is 0. The summed E-state index contributed by atoms with van der Waals surface area (Å²) in [6.45, 7) is 3.87. The van der Waals surface area contributed by atoms with Crippen LogP contribution in [0.1, 0.15) is 36.8 Å². The van der Waals surface area contributed by atoms with E-state index < -0.39 is 11.7 Å². The number of alkyl halides is 3. The number of halogens is 3. The third-order valence-electron chi connectivity index (χ3n) is 5.42. The molecule has 2 aliphatic rings. The summed E-state index contributed by atoms with van der Waals surface area (Å²) in [7, 11) is 0. The van der Waals surface area contributed by atoms with Gasteiger partial charge < -0.3 is 15.1 Å². The molecule has 8 heteroatoms. The van der Waals surface area contributed by atoms with Crippen LogP contribution in [0.2, 0.25) is 0 Å². The first-order valence-corrected chi connectivity index (χ1v) is 9.77. The molecule has 0 aliphatic carbocycles. The molecule has 3 rings (SSSR count). The van der Waals surface area contributed by atoms with Gasteiger partial charge in [-0.3, -0.25) is 9.59 Å². The Morgan fingerprint density at radius 2 is 1.96 bits per heavy atom. The number of hydrogen-bond donors (Lipinski definition) is 1. The van der Waals surface area contributed by atoms with E-state index in [9.17, 15) is 22.8 Å². The van der Waals surface area contributed by atoms with Gasteiger partial charge in [0.1, 0.15) is 0 Å². The van der Waals surface area contributed by atoms with E-state index in [2.05, 4.69) is 10.2 Å². The van der Waals surface area contributed by atoms with Gasteiger partial charge in [-0.1, -0.05) is 12.1 Å². The highest BCUT2D eigenvalue weighted by atomic mass is 19.4. The van der Waals surface area contributed by atoms with Gasteiger partial charge in [0, 0.05) is 32.6 Å². The molecule has 1 aromatic carbocycles. The predicted octanol–water partition coefficient (Wildman–Crippen LogP) is 2.66. The van der Waals surface area contributed by atoms with E-state index in [1.54, 1.807) is 6.07 Å². The third-order valence-corrected chi connectivity index (χ3v) is 5.42. The third kappa shape index (κ3) is 5.47. The summed E-state index contributed by atoms with van der Waals surface area (Å²) < 4.78 is 38.7. The van der Waals surface area contributed by atoms with Crippen LogP contribution in [0.5, 0.6) is 0 Å². The van der Waals surface area contributed by atoms with Crippen molar-refractivity contribution < 1.29 is 22.8 Å². The summed E-state index contributed by atoms with van der Waals surface area (Å²) in [6.07, 6.45) is -1.30. The van der Waals surface area contributed by atoms with Gasteiger partial charge in [0.2, 0.25) is 11.8 Å². The molecule has 1 N–H and O–H groups in total. The number of nitrogens with zero attached hydrogens (tertiary/aromatic N) is 2. The maximum atomic E-state index is 12.9. The lowest BCUT2D eigenvalue weighted by Crippen LogP contribution is -2.46. The lowest BCUT2D eigenvalue weighted by molar-refractivity contribution is -0.139. The maximum absolute atomic E-state index is 12.9. The molecule has 2 aliphatic heterocycles. The molecule has 2 fully saturated rings. The molecule has 0 radical (unpaired) electrons. The molecule has 2 saturated heterocycles. The molecule has 0 saturated carbocycles. The fourth-order valence-electron chi connectivity index (χ4n) is 3.84. The summed E-state index contributed by atoms with van der Waals surface area (Å²) in [5.74, 6) is -0.527. The molecule has 154 valence electrons. The zero-order valence-corrected chi connectivity index (χ0v) is 15.8. The van der Waals surface area contributed by atoms with Gasteiger partial charge in [0.25, 0.3) is 0 Å². The van der Waals surface area contributed by atoms with Crippen LogP contribution in [0.25, 0.3) is 0 Å². The van der Waals surface area contributed by atoms with Crippen LogP contribution in [0, 0.1) is 5.92 Å². The fraction of sp³-hybridized carbons (Fsp3) is 0.600. The molecule has 0 unspecified atom stereocenters. The minimum Gasteiger partial charge on any atom is -0.355 e. The van der Waals surface area contributed by atoms with Crippen LogP contribution in [0.3, 0.4) is 0 Å². The standard InChI is InChI=1S/C20H26F3N3O2/c21-20(22,23)17-5-3-4-15(12-17)13-26-14-16(6-7-18(26)27)19(28)24-8-11-25-9-1-2-10-25/h3-5,12,16H,1-2,6-11,13-14H2,(H,24,28)/t16-/m0/s1. The Balaban J connectivity index is 1.53. The van der Waals surface area contributed by atoms with Crippen LogP contribution in [-0.2, 0) is 22.3 Å². The molecule has 2 heterocycles. The topological polar surface area (TPSA) is 52.7 Å².